The van der Waals surface area contributed by atoms with Crippen LogP contribution in [0.3, 0.4) is 0 Å². The van der Waals surface area contributed by atoms with Crippen molar-refractivity contribution in [2.24, 2.45) is 0 Å². The van der Waals surface area contributed by atoms with Crippen molar-refractivity contribution in [3.05, 3.63) is 12.2 Å². The highest BCUT2D eigenvalue weighted by Gasteiger charge is 2.40. The average molecular weight is 386 g/mol. The first-order valence-electron chi connectivity index (χ1n) is 9.56. The predicted octanol–water partition coefficient (Wildman–Crippen LogP) is 1.29. The lowest BCUT2D eigenvalue weighted by Crippen LogP contribution is -2.52. The molecule has 0 aromatic heterocycles. The van der Waals surface area contributed by atoms with E-state index in [1.165, 1.54) is 6.08 Å². The number of aliphatic hydroxyl groups excluding tert-OH is 1. The van der Waals surface area contributed by atoms with Crippen LogP contribution in [0.25, 0.3) is 0 Å². The molecule has 3 rings (SSSR count). The van der Waals surface area contributed by atoms with Gasteiger partial charge < -0.3 is 33.5 Å². The van der Waals surface area contributed by atoms with Crippen LogP contribution >= 0.6 is 0 Å². The Hall–Kier alpha value is -0.870. The molecule has 0 saturated carbocycles. The number of rotatable bonds is 5. The van der Waals surface area contributed by atoms with Crippen LogP contribution in [0.5, 0.6) is 0 Å². The molecule has 3 aliphatic rings. The summed E-state index contributed by atoms with van der Waals surface area (Å²) < 4.78 is 34.3. The van der Waals surface area contributed by atoms with Gasteiger partial charge in [-0.2, -0.15) is 0 Å². The Bertz CT molecular complexity index is 526. The fourth-order valence-corrected chi connectivity index (χ4v) is 3.68. The summed E-state index contributed by atoms with van der Waals surface area (Å²) in [6.07, 6.45) is 0.927. The smallest absolute Gasteiger partial charge is 0.184 e. The second kappa shape index (κ2) is 9.09. The van der Waals surface area contributed by atoms with Crippen LogP contribution in [-0.2, 0) is 33.2 Å². The normalized spacial score (nSPS) is 45.8. The summed E-state index contributed by atoms with van der Waals surface area (Å²) in [5.74, 6) is -0.0638. The summed E-state index contributed by atoms with van der Waals surface area (Å²) in [6.45, 7) is 5.51. The van der Waals surface area contributed by atoms with E-state index >= 15 is 0 Å². The first kappa shape index (κ1) is 20.9. The SMILES string of the molecule is CO[C@@H]1C[C@@H](O)[C@H](O[C@H]2C[C@H](O[C@H]3C=CC(=O)[C@H](C)O3)C[C@H](C)O2)[C@@H](C)O1. The van der Waals surface area contributed by atoms with Gasteiger partial charge in [-0.15, -0.1) is 0 Å². The number of methoxy groups -OCH3 is 1. The maximum Gasteiger partial charge on any atom is 0.184 e. The minimum atomic E-state index is -0.699. The Kier molecular flexibility index (Phi) is 7.02. The highest BCUT2D eigenvalue weighted by molar-refractivity contribution is 5.93. The molecular weight excluding hydrogens is 356 g/mol. The van der Waals surface area contributed by atoms with E-state index < -0.39 is 37.2 Å². The molecule has 0 aliphatic carbocycles. The number of carbonyl (C=O) groups excluding carboxylic acids is 1. The Morgan fingerprint density at radius 1 is 1.04 bits per heavy atom. The Morgan fingerprint density at radius 3 is 2.48 bits per heavy atom. The van der Waals surface area contributed by atoms with Crippen LogP contribution in [0.15, 0.2) is 12.2 Å². The van der Waals surface area contributed by atoms with Gasteiger partial charge in [0.05, 0.1) is 24.4 Å². The lowest BCUT2D eigenvalue weighted by Gasteiger charge is -2.41. The molecule has 0 bridgehead atoms. The minimum Gasteiger partial charge on any atom is -0.390 e. The number of carbonyl (C=O) groups is 1. The monoisotopic (exact) mass is 386 g/mol. The maximum atomic E-state index is 11.5. The zero-order chi connectivity index (χ0) is 19.6. The van der Waals surface area contributed by atoms with Gasteiger partial charge in [-0.05, 0) is 39.3 Å². The molecule has 3 heterocycles. The third-order valence-corrected chi connectivity index (χ3v) is 5.13. The summed E-state index contributed by atoms with van der Waals surface area (Å²) in [4.78, 5) is 11.5. The summed E-state index contributed by atoms with van der Waals surface area (Å²) in [5.41, 5.74) is 0. The summed E-state index contributed by atoms with van der Waals surface area (Å²) in [7, 11) is 1.55. The van der Waals surface area contributed by atoms with Gasteiger partial charge in [-0.25, -0.2) is 0 Å². The number of ether oxygens (including phenoxy) is 6. The van der Waals surface area contributed by atoms with Crippen LogP contribution in [-0.4, -0.2) is 73.5 Å². The number of aliphatic hydroxyl groups is 1. The number of hydrogen-bond donors (Lipinski definition) is 1. The van der Waals surface area contributed by atoms with E-state index in [0.717, 1.165) is 0 Å². The van der Waals surface area contributed by atoms with Crippen molar-refractivity contribution in [3.63, 3.8) is 0 Å². The largest absolute Gasteiger partial charge is 0.390 e. The van der Waals surface area contributed by atoms with Gasteiger partial charge >= 0.3 is 0 Å². The van der Waals surface area contributed by atoms with Crippen molar-refractivity contribution in [3.8, 4) is 0 Å². The molecule has 1 N–H and O–H groups in total. The van der Waals surface area contributed by atoms with Gasteiger partial charge in [-0.1, -0.05) is 0 Å². The second-order valence-corrected chi connectivity index (χ2v) is 7.42. The zero-order valence-corrected chi connectivity index (χ0v) is 16.3. The number of ketones is 1. The van der Waals surface area contributed by atoms with Crippen LogP contribution in [0, 0.1) is 0 Å². The Morgan fingerprint density at radius 2 is 1.81 bits per heavy atom. The van der Waals surface area contributed by atoms with Crippen molar-refractivity contribution in [2.75, 3.05) is 7.11 Å². The van der Waals surface area contributed by atoms with E-state index in [9.17, 15) is 9.90 Å². The fourth-order valence-electron chi connectivity index (χ4n) is 3.68. The zero-order valence-electron chi connectivity index (χ0n) is 16.3. The first-order chi connectivity index (χ1) is 12.9. The number of hydrogen-bond acceptors (Lipinski definition) is 8. The van der Waals surface area contributed by atoms with Gasteiger partial charge in [0.2, 0.25) is 0 Å². The average Bonchev–Trinajstić information content (AvgIpc) is 2.60. The van der Waals surface area contributed by atoms with Gasteiger partial charge in [0.25, 0.3) is 0 Å². The molecule has 0 unspecified atom stereocenters. The molecule has 154 valence electrons. The van der Waals surface area contributed by atoms with Gasteiger partial charge in [0, 0.05) is 20.0 Å². The molecule has 3 aliphatic heterocycles. The quantitative estimate of drug-likeness (QED) is 0.756. The molecule has 0 aromatic carbocycles. The molecule has 0 aromatic rings. The topological polar surface area (TPSA) is 92.7 Å². The molecule has 8 nitrogen and oxygen atoms in total. The van der Waals surface area contributed by atoms with E-state index in [2.05, 4.69) is 0 Å². The van der Waals surface area contributed by atoms with E-state index in [-0.39, 0.29) is 24.1 Å². The van der Waals surface area contributed by atoms with Crippen molar-refractivity contribution in [1.82, 2.24) is 0 Å². The maximum absolute atomic E-state index is 11.5. The Balaban J connectivity index is 1.55. The molecular formula is C19H30O8. The van der Waals surface area contributed by atoms with Gasteiger partial charge in [0.1, 0.15) is 12.2 Å². The second-order valence-electron chi connectivity index (χ2n) is 7.42. The summed E-state index contributed by atoms with van der Waals surface area (Å²) >= 11 is 0. The third-order valence-electron chi connectivity index (χ3n) is 5.13. The van der Waals surface area contributed by atoms with E-state index in [0.29, 0.717) is 19.3 Å². The predicted molar refractivity (Wildman–Crippen MR) is 93.8 cm³/mol. The van der Waals surface area contributed by atoms with Crippen LogP contribution in [0.4, 0.5) is 0 Å². The molecule has 2 saturated heterocycles. The standard InChI is InChI=1S/C19H30O8/c1-10-7-13(26-16-6-5-14(20)11(2)24-16)8-18(23-10)27-19-12(3)25-17(22-4)9-15(19)21/h5-6,10-13,15-19,21H,7-9H2,1-4H3/t10-,11-,12+,13+,15+,16-,17-,18-,19+/m0/s1. The van der Waals surface area contributed by atoms with E-state index in [4.69, 9.17) is 28.4 Å². The first-order valence-corrected chi connectivity index (χ1v) is 9.56. The van der Waals surface area contributed by atoms with Crippen LogP contribution < -0.4 is 0 Å². The molecule has 2 fully saturated rings. The third kappa shape index (κ3) is 5.35. The molecule has 0 spiro atoms. The van der Waals surface area contributed by atoms with Crippen LogP contribution in [0.1, 0.15) is 40.0 Å². The van der Waals surface area contributed by atoms with Crippen LogP contribution in [0.2, 0.25) is 0 Å². The Labute approximate surface area is 159 Å². The van der Waals surface area contributed by atoms with Crippen molar-refractivity contribution < 1.29 is 38.3 Å². The molecule has 27 heavy (non-hydrogen) atoms. The molecule has 0 radical (unpaired) electrons. The minimum absolute atomic E-state index is 0.0638. The van der Waals surface area contributed by atoms with E-state index in [1.807, 2.05) is 13.8 Å². The van der Waals surface area contributed by atoms with Gasteiger partial charge in [-0.3, -0.25) is 4.79 Å². The van der Waals surface area contributed by atoms with Gasteiger partial charge in [0.15, 0.2) is 24.7 Å². The highest BCUT2D eigenvalue weighted by Crippen LogP contribution is 2.30. The van der Waals surface area contributed by atoms with E-state index in [1.54, 1.807) is 20.1 Å². The molecule has 8 heteroatoms. The lowest BCUT2D eigenvalue weighted by atomic mass is 10.0. The van der Waals surface area contributed by atoms with Crippen molar-refractivity contribution in [1.29, 1.82) is 0 Å². The summed E-state index contributed by atoms with van der Waals surface area (Å²) in [6, 6.07) is 0. The molecule has 9 atom stereocenters. The lowest BCUT2D eigenvalue weighted by molar-refractivity contribution is -0.305. The highest BCUT2D eigenvalue weighted by atomic mass is 16.7. The fraction of sp³-hybridized carbons (Fsp3) is 0.842. The van der Waals surface area contributed by atoms with Crippen molar-refractivity contribution in [2.45, 2.75) is 95.5 Å². The van der Waals surface area contributed by atoms with Crippen molar-refractivity contribution >= 4 is 5.78 Å². The summed E-state index contributed by atoms with van der Waals surface area (Å²) in [5, 5.41) is 10.4. The molecule has 0 amide bonds.